The summed E-state index contributed by atoms with van der Waals surface area (Å²) in [5.41, 5.74) is 4.34. The third-order valence-electron chi connectivity index (χ3n) is 5.71. The highest BCUT2D eigenvalue weighted by atomic mass is 35.5. The number of carbonyl (C=O) groups excluding carboxylic acids is 1. The molecule has 4 rings (SSSR count). The lowest BCUT2D eigenvalue weighted by molar-refractivity contribution is 0.208. The van der Waals surface area contributed by atoms with Gasteiger partial charge >= 0.3 is 6.03 Å². The predicted octanol–water partition coefficient (Wildman–Crippen LogP) is 4.56. The standard InChI is InChI=1S/C25H25ClN6O/c1-17-23(15-19-6-8-21(26)9-7-19)24(29-18(2)28-17)31-10-12-32(13-11-31)25(33)30-22-5-3-4-20(14-22)16-27/h3-9,14H,10-13,15H2,1-2H3,(H,30,33). The Morgan fingerprint density at radius 3 is 2.52 bits per heavy atom. The highest BCUT2D eigenvalue weighted by Gasteiger charge is 2.25. The first-order valence-corrected chi connectivity index (χ1v) is 11.2. The zero-order valence-corrected chi connectivity index (χ0v) is 19.4. The topological polar surface area (TPSA) is 85.2 Å². The van der Waals surface area contributed by atoms with Gasteiger partial charge in [0.15, 0.2) is 0 Å². The molecule has 0 aliphatic carbocycles. The van der Waals surface area contributed by atoms with Gasteiger partial charge in [0.05, 0.1) is 11.6 Å². The Hall–Kier alpha value is -3.63. The summed E-state index contributed by atoms with van der Waals surface area (Å²) >= 11 is 6.04. The molecule has 0 saturated carbocycles. The smallest absolute Gasteiger partial charge is 0.321 e. The molecule has 1 fully saturated rings. The van der Waals surface area contributed by atoms with Gasteiger partial charge in [-0.05, 0) is 49.7 Å². The fourth-order valence-corrected chi connectivity index (χ4v) is 4.11. The molecule has 0 spiro atoms. The van der Waals surface area contributed by atoms with Crippen LogP contribution in [0.4, 0.5) is 16.3 Å². The van der Waals surface area contributed by atoms with E-state index in [1.165, 1.54) is 0 Å². The number of nitriles is 1. The molecule has 2 heterocycles. The summed E-state index contributed by atoms with van der Waals surface area (Å²) in [6.07, 6.45) is 0.717. The summed E-state index contributed by atoms with van der Waals surface area (Å²) in [6, 6.07) is 16.7. The molecule has 1 saturated heterocycles. The van der Waals surface area contributed by atoms with Crippen molar-refractivity contribution in [1.29, 1.82) is 5.26 Å². The molecule has 1 aliphatic rings. The molecule has 0 bridgehead atoms. The fraction of sp³-hybridized carbons (Fsp3) is 0.280. The van der Waals surface area contributed by atoms with Crippen LogP contribution in [0.3, 0.4) is 0 Å². The van der Waals surface area contributed by atoms with E-state index in [1.807, 2.05) is 38.1 Å². The van der Waals surface area contributed by atoms with Gasteiger partial charge in [0.1, 0.15) is 11.6 Å². The van der Waals surface area contributed by atoms with E-state index in [4.69, 9.17) is 21.8 Å². The SMILES string of the molecule is Cc1nc(C)c(Cc2ccc(Cl)cc2)c(N2CCN(C(=O)Nc3cccc(C#N)c3)CC2)n1. The van der Waals surface area contributed by atoms with E-state index in [0.29, 0.717) is 48.9 Å². The maximum Gasteiger partial charge on any atom is 0.321 e. The number of nitrogens with one attached hydrogen (secondary N) is 1. The van der Waals surface area contributed by atoms with Crippen LogP contribution in [0.2, 0.25) is 5.02 Å². The number of piperazine rings is 1. The minimum Gasteiger partial charge on any atom is -0.353 e. The van der Waals surface area contributed by atoms with Crippen molar-refractivity contribution >= 4 is 29.1 Å². The summed E-state index contributed by atoms with van der Waals surface area (Å²) in [7, 11) is 0. The normalized spacial score (nSPS) is 13.5. The van der Waals surface area contributed by atoms with E-state index in [2.05, 4.69) is 21.3 Å². The van der Waals surface area contributed by atoms with Crippen LogP contribution in [0, 0.1) is 25.2 Å². The molecule has 0 unspecified atom stereocenters. The second kappa shape index (κ2) is 9.88. The minimum absolute atomic E-state index is 0.166. The van der Waals surface area contributed by atoms with Crippen LogP contribution < -0.4 is 10.2 Å². The lowest BCUT2D eigenvalue weighted by Crippen LogP contribution is -2.50. The number of aromatic nitrogens is 2. The predicted molar refractivity (Wildman–Crippen MR) is 130 cm³/mol. The maximum absolute atomic E-state index is 12.7. The maximum atomic E-state index is 12.7. The highest BCUT2D eigenvalue weighted by Crippen LogP contribution is 2.26. The van der Waals surface area contributed by atoms with Crippen molar-refractivity contribution < 1.29 is 4.79 Å². The van der Waals surface area contributed by atoms with Gasteiger partial charge < -0.3 is 15.1 Å². The molecule has 8 heteroatoms. The molecule has 3 aromatic rings. The van der Waals surface area contributed by atoms with Crippen molar-refractivity contribution in [3.63, 3.8) is 0 Å². The molecule has 168 valence electrons. The Kier molecular flexibility index (Phi) is 6.76. The number of hydrogen-bond acceptors (Lipinski definition) is 5. The molecule has 1 N–H and O–H groups in total. The number of hydrogen-bond donors (Lipinski definition) is 1. The number of nitrogens with zero attached hydrogens (tertiary/aromatic N) is 5. The Balaban J connectivity index is 1.46. The summed E-state index contributed by atoms with van der Waals surface area (Å²) in [4.78, 5) is 26.1. The third kappa shape index (κ3) is 5.41. The van der Waals surface area contributed by atoms with E-state index in [0.717, 1.165) is 28.5 Å². The van der Waals surface area contributed by atoms with Crippen molar-refractivity contribution in [1.82, 2.24) is 14.9 Å². The van der Waals surface area contributed by atoms with Crippen LogP contribution in [0.5, 0.6) is 0 Å². The van der Waals surface area contributed by atoms with E-state index in [9.17, 15) is 4.79 Å². The largest absolute Gasteiger partial charge is 0.353 e. The lowest BCUT2D eigenvalue weighted by atomic mass is 10.0. The molecule has 1 aliphatic heterocycles. The molecule has 2 amide bonds. The second-order valence-electron chi connectivity index (χ2n) is 8.06. The van der Waals surface area contributed by atoms with Crippen LogP contribution in [0.15, 0.2) is 48.5 Å². The van der Waals surface area contributed by atoms with Crippen LogP contribution >= 0.6 is 11.6 Å². The molecule has 7 nitrogen and oxygen atoms in total. The minimum atomic E-state index is -0.166. The zero-order chi connectivity index (χ0) is 23.4. The van der Waals surface area contributed by atoms with Crippen molar-refractivity contribution in [3.05, 3.63) is 81.8 Å². The Morgan fingerprint density at radius 2 is 1.82 bits per heavy atom. The van der Waals surface area contributed by atoms with Gasteiger partial charge in [0.2, 0.25) is 0 Å². The van der Waals surface area contributed by atoms with Crippen LogP contribution in [0.25, 0.3) is 0 Å². The van der Waals surface area contributed by atoms with Gasteiger partial charge in [-0.1, -0.05) is 29.8 Å². The Labute approximate surface area is 198 Å². The average Bonchev–Trinajstić information content (AvgIpc) is 2.82. The first kappa shape index (κ1) is 22.6. The average molecular weight is 461 g/mol. The molecule has 33 heavy (non-hydrogen) atoms. The molecule has 0 radical (unpaired) electrons. The Bertz CT molecular complexity index is 1200. The monoisotopic (exact) mass is 460 g/mol. The number of rotatable bonds is 4. The summed E-state index contributed by atoms with van der Waals surface area (Å²) in [6.45, 7) is 6.42. The van der Waals surface area contributed by atoms with Crippen molar-refractivity contribution in [3.8, 4) is 6.07 Å². The van der Waals surface area contributed by atoms with E-state index in [1.54, 1.807) is 29.2 Å². The van der Waals surface area contributed by atoms with E-state index >= 15 is 0 Å². The van der Waals surface area contributed by atoms with E-state index in [-0.39, 0.29) is 6.03 Å². The van der Waals surface area contributed by atoms with Gasteiger partial charge in [-0.3, -0.25) is 0 Å². The number of carbonyl (C=O) groups is 1. The zero-order valence-electron chi connectivity index (χ0n) is 18.7. The number of halogens is 1. The van der Waals surface area contributed by atoms with Gasteiger partial charge in [0, 0.05) is 54.6 Å². The van der Waals surface area contributed by atoms with Gasteiger partial charge in [-0.25, -0.2) is 14.8 Å². The van der Waals surface area contributed by atoms with Crippen molar-refractivity contribution in [2.75, 3.05) is 36.4 Å². The van der Waals surface area contributed by atoms with Gasteiger partial charge in [0.25, 0.3) is 0 Å². The quantitative estimate of drug-likeness (QED) is 0.616. The molecule has 2 aromatic carbocycles. The Morgan fingerprint density at radius 1 is 1.09 bits per heavy atom. The number of benzene rings is 2. The van der Waals surface area contributed by atoms with Gasteiger partial charge in [-0.2, -0.15) is 5.26 Å². The first-order chi connectivity index (χ1) is 15.9. The number of anilines is 2. The molecular formula is C25H25ClN6O. The van der Waals surface area contributed by atoms with Crippen molar-refractivity contribution in [2.24, 2.45) is 0 Å². The third-order valence-corrected chi connectivity index (χ3v) is 5.96. The molecule has 0 atom stereocenters. The number of amides is 2. The fourth-order valence-electron chi connectivity index (χ4n) is 3.98. The lowest BCUT2D eigenvalue weighted by Gasteiger charge is -2.36. The second-order valence-corrected chi connectivity index (χ2v) is 8.49. The summed E-state index contributed by atoms with van der Waals surface area (Å²) < 4.78 is 0. The van der Waals surface area contributed by atoms with Crippen LogP contribution in [-0.4, -0.2) is 47.1 Å². The molecular weight excluding hydrogens is 436 g/mol. The number of aryl methyl sites for hydroxylation is 2. The van der Waals surface area contributed by atoms with Crippen LogP contribution in [-0.2, 0) is 6.42 Å². The molecule has 1 aromatic heterocycles. The van der Waals surface area contributed by atoms with E-state index < -0.39 is 0 Å². The summed E-state index contributed by atoms with van der Waals surface area (Å²) in [5.74, 6) is 1.66. The highest BCUT2D eigenvalue weighted by molar-refractivity contribution is 6.30. The summed E-state index contributed by atoms with van der Waals surface area (Å²) in [5, 5.41) is 12.7. The first-order valence-electron chi connectivity index (χ1n) is 10.8. The number of urea groups is 1. The van der Waals surface area contributed by atoms with Gasteiger partial charge in [-0.15, -0.1) is 0 Å². The van der Waals surface area contributed by atoms with Crippen LogP contribution in [0.1, 0.15) is 28.2 Å². The van der Waals surface area contributed by atoms with Crippen molar-refractivity contribution in [2.45, 2.75) is 20.3 Å².